The molecular formula is C26H32N4O2. The highest BCUT2D eigenvalue weighted by Gasteiger charge is 2.16. The Morgan fingerprint density at radius 1 is 0.969 bits per heavy atom. The van der Waals surface area contributed by atoms with Crippen molar-refractivity contribution >= 4 is 28.8 Å². The Bertz CT molecular complexity index is 1080. The van der Waals surface area contributed by atoms with Crippen molar-refractivity contribution in [1.82, 2.24) is 20.1 Å². The molecule has 0 aliphatic carbocycles. The smallest absolute Gasteiger partial charge is 0.267 e. The first-order chi connectivity index (χ1) is 15.6. The number of likely N-dealkylation sites (N-methyl/N-ethyl adjacent to an activating group) is 1. The number of hydrogen-bond acceptors (Lipinski definition) is 3. The van der Waals surface area contributed by atoms with E-state index in [0.29, 0.717) is 12.1 Å². The highest BCUT2D eigenvalue weighted by Crippen LogP contribution is 2.23. The fourth-order valence-electron chi connectivity index (χ4n) is 3.71. The third-order valence-corrected chi connectivity index (χ3v) is 5.60. The van der Waals surface area contributed by atoms with E-state index < -0.39 is 0 Å². The topological polar surface area (TPSA) is 66.4 Å². The Labute approximate surface area is 189 Å². The van der Waals surface area contributed by atoms with Gasteiger partial charge >= 0.3 is 0 Å². The first-order valence-corrected chi connectivity index (χ1v) is 11.2. The van der Waals surface area contributed by atoms with Crippen LogP contribution in [-0.2, 0) is 11.3 Å². The van der Waals surface area contributed by atoms with E-state index in [2.05, 4.69) is 46.9 Å². The van der Waals surface area contributed by atoms with Gasteiger partial charge in [-0.2, -0.15) is 0 Å². The van der Waals surface area contributed by atoms with Crippen LogP contribution < -0.4 is 10.6 Å². The minimum Gasteiger partial charge on any atom is -0.349 e. The molecule has 0 unspecified atom stereocenters. The van der Waals surface area contributed by atoms with Gasteiger partial charge in [0.05, 0.1) is 0 Å². The van der Waals surface area contributed by atoms with Crippen LogP contribution in [0.15, 0.2) is 66.5 Å². The molecule has 6 nitrogen and oxygen atoms in total. The van der Waals surface area contributed by atoms with E-state index in [-0.39, 0.29) is 17.5 Å². The summed E-state index contributed by atoms with van der Waals surface area (Å²) in [6.45, 7) is 10.2. The highest BCUT2D eigenvalue weighted by atomic mass is 16.2. The molecule has 168 valence electrons. The third-order valence-electron chi connectivity index (χ3n) is 5.60. The zero-order valence-electron chi connectivity index (χ0n) is 19.1. The van der Waals surface area contributed by atoms with Crippen LogP contribution in [0, 0.1) is 0 Å². The number of nitrogens with zero attached hydrogens (tertiary/aromatic N) is 2. The summed E-state index contributed by atoms with van der Waals surface area (Å²) in [5, 5.41) is 6.82. The summed E-state index contributed by atoms with van der Waals surface area (Å²) in [4.78, 5) is 28.1. The van der Waals surface area contributed by atoms with Crippen molar-refractivity contribution < 1.29 is 9.59 Å². The molecule has 2 N–H and O–H groups in total. The van der Waals surface area contributed by atoms with Gasteiger partial charge in [0.2, 0.25) is 0 Å². The molecule has 1 heterocycles. The molecule has 2 aromatic carbocycles. The largest absolute Gasteiger partial charge is 0.349 e. The number of rotatable bonds is 10. The molecule has 0 fully saturated rings. The van der Waals surface area contributed by atoms with Crippen molar-refractivity contribution in [3.05, 3.63) is 77.6 Å². The molecule has 3 rings (SSSR count). The average molecular weight is 433 g/mol. The molecule has 0 aliphatic rings. The molecule has 0 radical (unpaired) electrons. The van der Waals surface area contributed by atoms with Crippen LogP contribution in [0.1, 0.15) is 36.7 Å². The summed E-state index contributed by atoms with van der Waals surface area (Å²) < 4.78 is 2.14. The van der Waals surface area contributed by atoms with Gasteiger partial charge in [-0.3, -0.25) is 9.59 Å². The average Bonchev–Trinajstić information content (AvgIpc) is 3.19. The maximum absolute atomic E-state index is 13.1. The zero-order valence-corrected chi connectivity index (χ0v) is 19.1. The fourth-order valence-corrected chi connectivity index (χ4v) is 3.71. The summed E-state index contributed by atoms with van der Waals surface area (Å²) in [5.74, 6) is -0.607. The number of amides is 2. The molecule has 3 aromatic rings. The second-order valence-corrected chi connectivity index (χ2v) is 7.55. The van der Waals surface area contributed by atoms with E-state index in [9.17, 15) is 9.59 Å². The minimum absolute atomic E-state index is 0.234. The van der Waals surface area contributed by atoms with Gasteiger partial charge in [-0.25, -0.2) is 0 Å². The number of fused-ring (bicyclic) bond motifs is 1. The summed E-state index contributed by atoms with van der Waals surface area (Å²) in [6.07, 6.45) is 3.78. The molecular weight excluding hydrogens is 400 g/mol. The van der Waals surface area contributed by atoms with Gasteiger partial charge in [0.15, 0.2) is 0 Å². The van der Waals surface area contributed by atoms with Crippen LogP contribution >= 0.6 is 0 Å². The van der Waals surface area contributed by atoms with Crippen LogP contribution in [0.5, 0.6) is 0 Å². The molecule has 2 amide bonds. The van der Waals surface area contributed by atoms with Crippen molar-refractivity contribution in [3.63, 3.8) is 0 Å². The van der Waals surface area contributed by atoms with Gasteiger partial charge in [0.25, 0.3) is 11.8 Å². The minimum atomic E-state index is -0.310. The van der Waals surface area contributed by atoms with E-state index in [1.165, 1.54) is 0 Å². The van der Waals surface area contributed by atoms with Gasteiger partial charge in [-0.15, -0.1) is 0 Å². The number of carbonyl (C=O) groups excluding carboxylic acids is 2. The SMILES string of the molecule is CCN(CC)CCNC(=O)C(=Cc1cn(CC)c2ccccc12)NC(=O)c1ccccc1. The second-order valence-electron chi connectivity index (χ2n) is 7.55. The molecule has 0 aliphatic heterocycles. The lowest BCUT2D eigenvalue weighted by molar-refractivity contribution is -0.117. The highest BCUT2D eigenvalue weighted by molar-refractivity contribution is 6.06. The Morgan fingerprint density at radius 3 is 2.34 bits per heavy atom. The van der Waals surface area contributed by atoms with Gasteiger partial charge in [-0.1, -0.05) is 50.2 Å². The predicted molar refractivity (Wildman–Crippen MR) is 130 cm³/mol. The first-order valence-electron chi connectivity index (χ1n) is 11.2. The van der Waals surface area contributed by atoms with Crippen molar-refractivity contribution in [2.75, 3.05) is 26.2 Å². The van der Waals surface area contributed by atoms with Crippen molar-refractivity contribution in [2.45, 2.75) is 27.3 Å². The molecule has 1 aromatic heterocycles. The standard InChI is InChI=1S/C26H32N4O2/c1-4-29(5-2)17-16-27-26(32)23(28-25(31)20-12-8-7-9-13-20)18-21-19-30(6-3)24-15-11-10-14-22(21)24/h7-15,18-19H,4-6,16-17H2,1-3H3,(H,27,32)(H,28,31). The van der Waals surface area contributed by atoms with Gasteiger partial charge in [0, 0.05) is 47.9 Å². The number of benzene rings is 2. The number of hydrogen-bond donors (Lipinski definition) is 2. The van der Waals surface area contributed by atoms with Crippen molar-refractivity contribution in [1.29, 1.82) is 0 Å². The first kappa shape index (κ1) is 23.3. The molecule has 0 saturated carbocycles. The van der Waals surface area contributed by atoms with Gasteiger partial charge in [-0.05, 0) is 44.3 Å². The molecule has 32 heavy (non-hydrogen) atoms. The Hall–Kier alpha value is -3.38. The number of carbonyl (C=O) groups is 2. The van der Waals surface area contributed by atoms with Crippen LogP contribution in [0.3, 0.4) is 0 Å². The van der Waals surface area contributed by atoms with Crippen LogP contribution in [0.2, 0.25) is 0 Å². The Kier molecular flexibility index (Phi) is 8.22. The maximum atomic E-state index is 13.1. The van der Waals surface area contributed by atoms with Crippen LogP contribution in [0.4, 0.5) is 0 Å². The van der Waals surface area contributed by atoms with E-state index in [1.54, 1.807) is 30.3 Å². The second kappa shape index (κ2) is 11.3. The Balaban J connectivity index is 1.89. The van der Waals surface area contributed by atoms with E-state index >= 15 is 0 Å². The molecule has 0 saturated heterocycles. The molecule has 6 heteroatoms. The van der Waals surface area contributed by atoms with Crippen molar-refractivity contribution in [3.8, 4) is 0 Å². The number of nitrogens with one attached hydrogen (secondary N) is 2. The lowest BCUT2D eigenvalue weighted by Crippen LogP contribution is -2.39. The summed E-state index contributed by atoms with van der Waals surface area (Å²) in [5.41, 5.74) is 2.73. The molecule has 0 atom stereocenters. The van der Waals surface area contributed by atoms with E-state index in [1.807, 2.05) is 30.5 Å². The summed E-state index contributed by atoms with van der Waals surface area (Å²) in [7, 11) is 0. The molecule has 0 spiro atoms. The lowest BCUT2D eigenvalue weighted by atomic mass is 10.1. The number of para-hydroxylation sites is 1. The number of aromatic nitrogens is 1. The molecule has 0 bridgehead atoms. The van der Waals surface area contributed by atoms with E-state index in [4.69, 9.17) is 0 Å². The number of aryl methyl sites for hydroxylation is 1. The Morgan fingerprint density at radius 2 is 1.66 bits per heavy atom. The van der Waals surface area contributed by atoms with Crippen LogP contribution in [0.25, 0.3) is 17.0 Å². The predicted octanol–water partition coefficient (Wildman–Crippen LogP) is 3.89. The normalized spacial score (nSPS) is 11.7. The monoisotopic (exact) mass is 432 g/mol. The quantitative estimate of drug-likeness (QED) is 0.478. The van der Waals surface area contributed by atoms with Gasteiger partial charge < -0.3 is 20.1 Å². The maximum Gasteiger partial charge on any atom is 0.267 e. The summed E-state index contributed by atoms with van der Waals surface area (Å²) >= 11 is 0. The fraction of sp³-hybridized carbons (Fsp3) is 0.308. The van der Waals surface area contributed by atoms with Gasteiger partial charge in [0.1, 0.15) is 5.70 Å². The summed E-state index contributed by atoms with van der Waals surface area (Å²) in [6, 6.07) is 17.0. The van der Waals surface area contributed by atoms with Crippen molar-refractivity contribution in [2.24, 2.45) is 0 Å². The lowest BCUT2D eigenvalue weighted by Gasteiger charge is -2.18. The zero-order chi connectivity index (χ0) is 22.9. The van der Waals surface area contributed by atoms with Crippen LogP contribution in [-0.4, -0.2) is 47.5 Å². The third kappa shape index (κ3) is 5.65. The van der Waals surface area contributed by atoms with E-state index in [0.717, 1.165) is 42.6 Å².